The number of ether oxygens (including phenoxy) is 1. The van der Waals surface area contributed by atoms with E-state index < -0.39 is 0 Å². The molecule has 5 heteroatoms. The Labute approximate surface area is 125 Å². The molecule has 2 atom stereocenters. The van der Waals surface area contributed by atoms with E-state index in [9.17, 15) is 4.79 Å². The minimum atomic E-state index is -0.153. The third-order valence-corrected chi connectivity index (χ3v) is 3.68. The Hall–Kier alpha value is -1.46. The molecule has 1 amide bonds. The van der Waals surface area contributed by atoms with E-state index in [1.54, 1.807) is 6.07 Å². The number of aryl methyl sites for hydroxylation is 1. The van der Waals surface area contributed by atoms with Crippen LogP contribution in [-0.4, -0.2) is 41.2 Å². The summed E-state index contributed by atoms with van der Waals surface area (Å²) in [5.74, 6) is -0.153. The average Bonchev–Trinajstić information content (AvgIpc) is 2.37. The molecule has 1 aromatic carbocycles. The molecule has 0 spiro atoms. The van der Waals surface area contributed by atoms with Crippen LogP contribution in [0.4, 0.5) is 0 Å². The van der Waals surface area contributed by atoms with E-state index in [2.05, 4.69) is 5.32 Å². The fourth-order valence-corrected chi connectivity index (χ4v) is 2.66. The Balaban J connectivity index is 2.01. The van der Waals surface area contributed by atoms with Crippen molar-refractivity contribution < 1.29 is 9.53 Å². The summed E-state index contributed by atoms with van der Waals surface area (Å²) in [6.07, 6.45) is 0.235. The van der Waals surface area contributed by atoms with Gasteiger partial charge in [-0.3, -0.25) is 10.1 Å². The minimum Gasteiger partial charge on any atom is -0.372 e. The number of hydrogen-bond donors (Lipinski definition) is 1. The lowest BCUT2D eigenvalue weighted by molar-refractivity contribution is -0.0481. The molecular formula is C15H20N2O2S. The molecule has 0 saturated carbocycles. The Morgan fingerprint density at radius 2 is 1.90 bits per heavy atom. The van der Waals surface area contributed by atoms with E-state index in [-0.39, 0.29) is 18.1 Å². The Kier molecular flexibility index (Phi) is 4.73. The predicted molar refractivity (Wildman–Crippen MR) is 82.8 cm³/mol. The van der Waals surface area contributed by atoms with Gasteiger partial charge in [-0.25, -0.2) is 0 Å². The fraction of sp³-hybridized carbons (Fsp3) is 0.467. The van der Waals surface area contributed by atoms with Gasteiger partial charge in [-0.05, 0) is 44.6 Å². The third-order valence-electron chi connectivity index (χ3n) is 3.32. The molecule has 1 heterocycles. The average molecular weight is 292 g/mol. The summed E-state index contributed by atoms with van der Waals surface area (Å²) in [6, 6.07) is 7.48. The Morgan fingerprint density at radius 1 is 1.30 bits per heavy atom. The molecule has 0 bridgehead atoms. The number of rotatable bonds is 1. The van der Waals surface area contributed by atoms with Gasteiger partial charge in [0.15, 0.2) is 5.11 Å². The van der Waals surface area contributed by atoms with Crippen molar-refractivity contribution in [2.75, 3.05) is 13.1 Å². The molecule has 0 unspecified atom stereocenters. The van der Waals surface area contributed by atoms with Crippen molar-refractivity contribution in [3.05, 3.63) is 35.4 Å². The van der Waals surface area contributed by atoms with Gasteiger partial charge in [-0.1, -0.05) is 18.2 Å². The molecule has 0 aromatic heterocycles. The first-order chi connectivity index (χ1) is 9.47. The highest BCUT2D eigenvalue weighted by Gasteiger charge is 2.25. The maximum Gasteiger partial charge on any atom is 0.257 e. The molecule has 1 N–H and O–H groups in total. The van der Waals surface area contributed by atoms with E-state index >= 15 is 0 Å². The molecule has 1 aromatic rings. The number of amides is 1. The van der Waals surface area contributed by atoms with Crippen LogP contribution in [0, 0.1) is 6.92 Å². The van der Waals surface area contributed by atoms with Gasteiger partial charge in [-0.15, -0.1) is 0 Å². The zero-order chi connectivity index (χ0) is 14.7. The Morgan fingerprint density at radius 3 is 2.50 bits per heavy atom. The summed E-state index contributed by atoms with van der Waals surface area (Å²) in [7, 11) is 0. The molecule has 108 valence electrons. The summed E-state index contributed by atoms with van der Waals surface area (Å²) in [6.45, 7) is 7.34. The van der Waals surface area contributed by atoms with Crippen LogP contribution in [0.2, 0.25) is 0 Å². The lowest BCUT2D eigenvalue weighted by Gasteiger charge is -2.36. The van der Waals surface area contributed by atoms with Crippen molar-refractivity contribution in [3.63, 3.8) is 0 Å². The zero-order valence-corrected chi connectivity index (χ0v) is 12.9. The van der Waals surface area contributed by atoms with E-state index in [1.807, 2.05) is 43.9 Å². The fourth-order valence-electron chi connectivity index (χ4n) is 2.41. The number of hydrogen-bond acceptors (Lipinski definition) is 3. The minimum absolute atomic E-state index is 0.118. The number of thiocarbonyl (C=S) groups is 1. The second-order valence-electron chi connectivity index (χ2n) is 5.24. The number of carbonyl (C=O) groups excluding carboxylic acids is 1. The Bertz CT molecular complexity index is 508. The first-order valence-electron chi connectivity index (χ1n) is 6.78. The second-order valence-corrected chi connectivity index (χ2v) is 5.62. The zero-order valence-electron chi connectivity index (χ0n) is 12.1. The summed E-state index contributed by atoms with van der Waals surface area (Å²) in [4.78, 5) is 14.2. The van der Waals surface area contributed by atoms with Crippen LogP contribution in [0.1, 0.15) is 29.8 Å². The number of nitrogens with zero attached hydrogens (tertiary/aromatic N) is 1. The van der Waals surface area contributed by atoms with Crippen molar-refractivity contribution in [2.24, 2.45) is 0 Å². The van der Waals surface area contributed by atoms with Gasteiger partial charge in [0.1, 0.15) is 0 Å². The van der Waals surface area contributed by atoms with E-state index in [4.69, 9.17) is 17.0 Å². The SMILES string of the molecule is Cc1ccccc1C(=O)NC(=S)N1C[C@@H](C)O[C@H](C)C1. The standard InChI is InChI=1S/C15H20N2O2S/c1-10-6-4-5-7-13(10)14(18)16-15(20)17-8-11(2)19-12(3)9-17/h4-7,11-12H,8-9H2,1-3H3,(H,16,18,20)/t11-,12-/m1/s1. The van der Waals surface area contributed by atoms with E-state index in [1.165, 1.54) is 0 Å². The maximum atomic E-state index is 12.2. The monoisotopic (exact) mass is 292 g/mol. The number of morpholine rings is 1. The summed E-state index contributed by atoms with van der Waals surface area (Å²) in [5, 5.41) is 3.28. The quantitative estimate of drug-likeness (QED) is 0.805. The predicted octanol–water partition coefficient (Wildman–Crippen LogP) is 2.12. The van der Waals surface area contributed by atoms with Crippen LogP contribution < -0.4 is 5.32 Å². The van der Waals surface area contributed by atoms with Crippen LogP contribution in [0.25, 0.3) is 0 Å². The molecule has 1 saturated heterocycles. The lowest BCUT2D eigenvalue weighted by Crippen LogP contribution is -2.52. The van der Waals surface area contributed by atoms with Gasteiger partial charge in [0.2, 0.25) is 0 Å². The number of benzene rings is 1. The highest BCUT2D eigenvalue weighted by molar-refractivity contribution is 7.80. The van der Waals surface area contributed by atoms with Gasteiger partial charge in [0.25, 0.3) is 5.91 Å². The molecule has 1 aliphatic rings. The molecule has 0 aliphatic carbocycles. The number of nitrogens with one attached hydrogen (secondary N) is 1. The molecule has 20 heavy (non-hydrogen) atoms. The van der Waals surface area contributed by atoms with Crippen LogP contribution in [0.3, 0.4) is 0 Å². The molecule has 4 nitrogen and oxygen atoms in total. The van der Waals surface area contributed by atoms with Gasteiger partial charge in [0.05, 0.1) is 12.2 Å². The summed E-state index contributed by atoms with van der Waals surface area (Å²) >= 11 is 5.34. The highest BCUT2D eigenvalue weighted by Crippen LogP contribution is 2.11. The maximum absolute atomic E-state index is 12.2. The van der Waals surface area contributed by atoms with Gasteiger partial charge >= 0.3 is 0 Å². The van der Waals surface area contributed by atoms with Crippen molar-refractivity contribution in [1.82, 2.24) is 10.2 Å². The largest absolute Gasteiger partial charge is 0.372 e. The highest BCUT2D eigenvalue weighted by atomic mass is 32.1. The first-order valence-corrected chi connectivity index (χ1v) is 7.19. The van der Waals surface area contributed by atoms with Gasteiger partial charge in [-0.2, -0.15) is 0 Å². The molecule has 2 rings (SSSR count). The molecule has 1 fully saturated rings. The van der Waals surface area contributed by atoms with Crippen molar-refractivity contribution >= 4 is 23.2 Å². The van der Waals surface area contributed by atoms with Crippen molar-refractivity contribution in [2.45, 2.75) is 33.0 Å². The summed E-state index contributed by atoms with van der Waals surface area (Å²) < 4.78 is 5.66. The van der Waals surface area contributed by atoms with Crippen LogP contribution in [0.15, 0.2) is 24.3 Å². The second kappa shape index (κ2) is 6.33. The van der Waals surface area contributed by atoms with Crippen molar-refractivity contribution in [1.29, 1.82) is 0 Å². The molecular weight excluding hydrogens is 272 g/mol. The number of carbonyl (C=O) groups is 1. The van der Waals surface area contributed by atoms with Gasteiger partial charge < -0.3 is 9.64 Å². The van der Waals surface area contributed by atoms with Crippen molar-refractivity contribution in [3.8, 4) is 0 Å². The van der Waals surface area contributed by atoms with Gasteiger partial charge in [0, 0.05) is 18.7 Å². The van der Waals surface area contributed by atoms with Crippen LogP contribution in [0.5, 0.6) is 0 Å². The normalized spacial score (nSPS) is 22.4. The van der Waals surface area contributed by atoms with Crippen LogP contribution >= 0.6 is 12.2 Å². The topological polar surface area (TPSA) is 41.6 Å². The van der Waals surface area contributed by atoms with Crippen LogP contribution in [-0.2, 0) is 4.74 Å². The summed E-state index contributed by atoms with van der Waals surface area (Å²) in [5.41, 5.74) is 1.60. The third kappa shape index (κ3) is 3.55. The molecule has 0 radical (unpaired) electrons. The smallest absolute Gasteiger partial charge is 0.257 e. The van der Waals surface area contributed by atoms with E-state index in [0.717, 1.165) is 5.56 Å². The van der Waals surface area contributed by atoms with E-state index in [0.29, 0.717) is 23.8 Å². The molecule has 1 aliphatic heterocycles. The lowest BCUT2D eigenvalue weighted by atomic mass is 10.1. The first kappa shape index (κ1) is 14.9.